The molecule has 25 heavy (non-hydrogen) atoms. The van der Waals surface area contributed by atoms with Crippen LogP contribution in [0, 0.1) is 0 Å². The molecule has 1 aliphatic heterocycles. The molecule has 2 heterocycles. The van der Waals surface area contributed by atoms with Crippen LogP contribution < -0.4 is 5.32 Å². The van der Waals surface area contributed by atoms with Gasteiger partial charge in [-0.15, -0.1) is 0 Å². The molecule has 0 radical (unpaired) electrons. The van der Waals surface area contributed by atoms with Gasteiger partial charge in [-0.3, -0.25) is 4.90 Å². The van der Waals surface area contributed by atoms with E-state index in [0.717, 1.165) is 18.9 Å². The van der Waals surface area contributed by atoms with Crippen LogP contribution in [-0.4, -0.2) is 46.3 Å². The Labute approximate surface area is 149 Å². The Kier molecular flexibility index (Phi) is 6.00. The third-order valence-electron chi connectivity index (χ3n) is 4.74. The van der Waals surface area contributed by atoms with Crippen LogP contribution in [0.15, 0.2) is 48.3 Å². The van der Waals surface area contributed by atoms with Gasteiger partial charge in [0.2, 0.25) is 0 Å². The molecule has 2 aromatic rings. The van der Waals surface area contributed by atoms with Crippen molar-refractivity contribution in [3.8, 4) is 0 Å². The number of alkyl halides is 1. The molecule has 0 amide bonds. The van der Waals surface area contributed by atoms with Crippen molar-refractivity contribution < 1.29 is 4.39 Å². The van der Waals surface area contributed by atoms with Gasteiger partial charge in [0.1, 0.15) is 12.0 Å². The highest BCUT2D eigenvalue weighted by Gasteiger charge is 2.32. The van der Waals surface area contributed by atoms with Crippen molar-refractivity contribution in [2.45, 2.75) is 32.1 Å². The van der Waals surface area contributed by atoms with E-state index in [1.54, 1.807) is 6.20 Å². The van der Waals surface area contributed by atoms with Crippen LogP contribution in [0.25, 0.3) is 6.08 Å². The smallest absolute Gasteiger partial charge is 0.122 e. The average Bonchev–Trinajstić information content (AvgIpc) is 3.14. The van der Waals surface area contributed by atoms with Crippen LogP contribution >= 0.6 is 0 Å². The first-order valence-electron chi connectivity index (χ1n) is 8.89. The van der Waals surface area contributed by atoms with Crippen molar-refractivity contribution in [3.63, 3.8) is 0 Å². The zero-order valence-corrected chi connectivity index (χ0v) is 15.0. The largest absolute Gasteiger partial charge is 0.337 e. The highest BCUT2D eigenvalue weighted by molar-refractivity contribution is 5.52. The molecule has 1 aliphatic rings. The number of hydrogen-bond donors (Lipinski definition) is 1. The lowest BCUT2D eigenvalue weighted by Crippen LogP contribution is -2.38. The van der Waals surface area contributed by atoms with Gasteiger partial charge in [0.25, 0.3) is 0 Å². The monoisotopic (exact) mass is 342 g/mol. The average molecular weight is 342 g/mol. The van der Waals surface area contributed by atoms with Gasteiger partial charge >= 0.3 is 0 Å². The van der Waals surface area contributed by atoms with Gasteiger partial charge in [-0.1, -0.05) is 42.0 Å². The number of aromatic nitrogens is 2. The van der Waals surface area contributed by atoms with E-state index in [9.17, 15) is 4.39 Å². The van der Waals surface area contributed by atoms with E-state index in [2.05, 4.69) is 40.3 Å². The summed E-state index contributed by atoms with van der Waals surface area (Å²) in [4.78, 5) is 6.57. The summed E-state index contributed by atoms with van der Waals surface area (Å²) < 4.78 is 15.9. The van der Waals surface area contributed by atoms with E-state index in [4.69, 9.17) is 0 Å². The number of rotatable bonds is 7. The standard InChI is InChI=1S/C20H27FN4/c1-16(10-17-6-4-3-5-7-17)12-22-13-19-11-18(21)14-25(19)15-20-23-8-9-24(20)2/h3-10,18-19,22H,11-15H2,1-2H3/b16-10+/t18-,19-/m0/s1. The second-order valence-corrected chi connectivity index (χ2v) is 6.90. The van der Waals surface area contributed by atoms with Crippen molar-refractivity contribution in [3.05, 3.63) is 59.7 Å². The third-order valence-corrected chi connectivity index (χ3v) is 4.74. The predicted molar refractivity (Wildman–Crippen MR) is 99.9 cm³/mol. The van der Waals surface area contributed by atoms with Crippen molar-refractivity contribution in [1.82, 2.24) is 19.8 Å². The first kappa shape index (κ1) is 17.8. The maximum absolute atomic E-state index is 13.9. The second kappa shape index (κ2) is 8.41. The lowest BCUT2D eigenvalue weighted by atomic mass is 10.1. The van der Waals surface area contributed by atoms with E-state index in [0.29, 0.717) is 19.5 Å². The molecule has 134 valence electrons. The molecular weight excluding hydrogens is 315 g/mol. The van der Waals surface area contributed by atoms with Crippen molar-refractivity contribution in [1.29, 1.82) is 0 Å². The summed E-state index contributed by atoms with van der Waals surface area (Å²) in [6.45, 7) is 4.94. The molecule has 0 saturated carbocycles. The Morgan fingerprint density at radius 1 is 1.36 bits per heavy atom. The fraction of sp³-hybridized carbons (Fsp3) is 0.450. The Balaban J connectivity index is 1.51. The van der Waals surface area contributed by atoms with Gasteiger partial charge in [0, 0.05) is 45.1 Å². The van der Waals surface area contributed by atoms with Gasteiger partial charge in [-0.2, -0.15) is 0 Å². The minimum Gasteiger partial charge on any atom is -0.337 e. The van der Waals surface area contributed by atoms with Gasteiger partial charge in [-0.25, -0.2) is 9.37 Å². The minimum atomic E-state index is -0.743. The third kappa shape index (κ3) is 5.00. The Hall–Kier alpha value is -1.98. The normalized spacial score (nSPS) is 21.8. The topological polar surface area (TPSA) is 33.1 Å². The maximum Gasteiger partial charge on any atom is 0.122 e. The van der Waals surface area contributed by atoms with Crippen molar-refractivity contribution in [2.24, 2.45) is 7.05 Å². The van der Waals surface area contributed by atoms with Crippen LogP contribution in [0.1, 0.15) is 24.7 Å². The summed E-state index contributed by atoms with van der Waals surface area (Å²) in [5, 5.41) is 3.49. The van der Waals surface area contributed by atoms with Gasteiger partial charge < -0.3 is 9.88 Å². The number of nitrogens with zero attached hydrogens (tertiary/aromatic N) is 3. The first-order valence-corrected chi connectivity index (χ1v) is 8.89. The van der Waals surface area contributed by atoms with Gasteiger partial charge in [0.05, 0.1) is 6.54 Å². The molecule has 1 N–H and O–H groups in total. The molecule has 1 fully saturated rings. The molecule has 2 atom stereocenters. The molecule has 0 aliphatic carbocycles. The second-order valence-electron chi connectivity index (χ2n) is 6.90. The van der Waals surface area contributed by atoms with E-state index >= 15 is 0 Å². The van der Waals surface area contributed by atoms with E-state index in [1.165, 1.54) is 11.1 Å². The van der Waals surface area contributed by atoms with E-state index in [-0.39, 0.29) is 6.04 Å². The zero-order valence-electron chi connectivity index (χ0n) is 15.0. The quantitative estimate of drug-likeness (QED) is 0.840. The molecule has 0 spiro atoms. The SMILES string of the molecule is C/C(=C\c1ccccc1)CNC[C@@H]1C[C@H](F)CN1Cc1nccn1C. The molecule has 1 aromatic heterocycles. The summed E-state index contributed by atoms with van der Waals surface area (Å²) in [5.41, 5.74) is 2.49. The Morgan fingerprint density at radius 2 is 2.16 bits per heavy atom. The lowest BCUT2D eigenvalue weighted by Gasteiger charge is -2.24. The van der Waals surface area contributed by atoms with Crippen LogP contribution in [0.5, 0.6) is 0 Å². The molecule has 0 unspecified atom stereocenters. The summed E-state index contributed by atoms with van der Waals surface area (Å²) in [6, 6.07) is 10.5. The summed E-state index contributed by atoms with van der Waals surface area (Å²) in [7, 11) is 1.98. The van der Waals surface area contributed by atoms with Crippen molar-refractivity contribution >= 4 is 6.08 Å². The fourth-order valence-electron chi connectivity index (χ4n) is 3.38. The Bertz CT molecular complexity index is 695. The van der Waals surface area contributed by atoms with Crippen LogP contribution in [0.2, 0.25) is 0 Å². The van der Waals surface area contributed by atoms with Crippen LogP contribution in [-0.2, 0) is 13.6 Å². The predicted octanol–water partition coefficient (Wildman–Crippen LogP) is 3.03. The van der Waals surface area contributed by atoms with E-state index in [1.807, 2.05) is 36.0 Å². The summed E-state index contributed by atoms with van der Waals surface area (Å²) in [6.07, 6.45) is 5.77. The van der Waals surface area contributed by atoms with Crippen LogP contribution in [0.4, 0.5) is 4.39 Å². The molecule has 3 rings (SSSR count). The maximum atomic E-state index is 13.9. The highest BCUT2D eigenvalue weighted by Crippen LogP contribution is 2.22. The summed E-state index contributed by atoms with van der Waals surface area (Å²) in [5.74, 6) is 0.985. The van der Waals surface area contributed by atoms with Gasteiger partial charge in [-0.05, 0) is 18.9 Å². The fourth-order valence-corrected chi connectivity index (χ4v) is 3.38. The van der Waals surface area contributed by atoms with Crippen molar-refractivity contribution in [2.75, 3.05) is 19.6 Å². The molecule has 5 heteroatoms. The molecular formula is C20H27FN4. The highest BCUT2D eigenvalue weighted by atomic mass is 19.1. The number of benzene rings is 1. The molecule has 1 aromatic carbocycles. The van der Waals surface area contributed by atoms with E-state index < -0.39 is 6.17 Å². The Morgan fingerprint density at radius 3 is 2.88 bits per heavy atom. The number of aryl methyl sites for hydroxylation is 1. The minimum absolute atomic E-state index is 0.219. The lowest BCUT2D eigenvalue weighted by molar-refractivity contribution is 0.224. The van der Waals surface area contributed by atoms with Gasteiger partial charge in [0.15, 0.2) is 0 Å². The number of halogens is 1. The zero-order chi connectivity index (χ0) is 17.6. The number of hydrogen-bond acceptors (Lipinski definition) is 3. The summed E-state index contributed by atoms with van der Waals surface area (Å²) >= 11 is 0. The number of likely N-dealkylation sites (tertiary alicyclic amines) is 1. The molecule has 4 nitrogen and oxygen atoms in total. The number of nitrogens with one attached hydrogen (secondary N) is 1. The molecule has 0 bridgehead atoms. The first-order chi connectivity index (χ1) is 12.1. The molecule has 1 saturated heterocycles. The van der Waals surface area contributed by atoms with Crippen LogP contribution in [0.3, 0.4) is 0 Å². The number of imidazole rings is 1.